The van der Waals surface area contributed by atoms with Gasteiger partial charge < -0.3 is 5.73 Å². The molecule has 2 aromatic rings. The number of carbonyl (C=O) groups excluding carboxylic acids is 1. The van der Waals surface area contributed by atoms with E-state index in [9.17, 15) is 4.79 Å². The minimum absolute atomic E-state index is 0.137. The van der Waals surface area contributed by atoms with E-state index in [4.69, 9.17) is 10.7 Å². The van der Waals surface area contributed by atoms with E-state index in [1.165, 1.54) is 22.9 Å². The third kappa shape index (κ3) is 2.76. The SMILES string of the molecule is CSc1nc(N)c2c(n1)CC1=C(C(=O)CCC1)C2c1cccc(C)c1. The fraction of sp³-hybridized carbons (Fsp3) is 0.350. The van der Waals surface area contributed by atoms with E-state index in [1.54, 1.807) is 0 Å². The maximum absolute atomic E-state index is 12.8. The quantitative estimate of drug-likeness (QED) is 0.658. The summed E-state index contributed by atoms with van der Waals surface area (Å²) >= 11 is 1.50. The van der Waals surface area contributed by atoms with Crippen LogP contribution in [0.3, 0.4) is 0 Å². The number of Topliss-reactive ketones (excluding diaryl/α,β-unsaturated/α-hetero) is 1. The molecule has 2 N–H and O–H groups in total. The van der Waals surface area contributed by atoms with E-state index in [0.29, 0.717) is 17.4 Å². The molecule has 0 fully saturated rings. The molecule has 1 unspecified atom stereocenters. The highest BCUT2D eigenvalue weighted by Crippen LogP contribution is 2.46. The average molecular weight is 351 g/mol. The molecule has 1 aromatic heterocycles. The van der Waals surface area contributed by atoms with Crippen molar-refractivity contribution in [1.29, 1.82) is 0 Å². The summed E-state index contributed by atoms with van der Waals surface area (Å²) in [5, 5.41) is 0.699. The number of thioether (sulfide) groups is 1. The third-order valence-electron chi connectivity index (χ3n) is 5.11. The first-order valence-electron chi connectivity index (χ1n) is 8.60. The Bertz CT molecular complexity index is 904. The van der Waals surface area contributed by atoms with Crippen LogP contribution in [0.4, 0.5) is 5.82 Å². The van der Waals surface area contributed by atoms with Gasteiger partial charge in [-0.25, -0.2) is 9.97 Å². The van der Waals surface area contributed by atoms with Crippen molar-refractivity contribution in [3.8, 4) is 0 Å². The number of benzene rings is 1. The number of allylic oxidation sites excluding steroid dienone is 2. The van der Waals surface area contributed by atoms with E-state index < -0.39 is 0 Å². The summed E-state index contributed by atoms with van der Waals surface area (Å²) in [6, 6.07) is 8.34. The Morgan fingerprint density at radius 1 is 1.24 bits per heavy atom. The molecule has 4 rings (SSSR count). The first-order valence-corrected chi connectivity index (χ1v) is 9.83. The van der Waals surface area contributed by atoms with Gasteiger partial charge in [0.2, 0.25) is 0 Å². The summed E-state index contributed by atoms with van der Waals surface area (Å²) in [5.41, 5.74) is 12.7. The number of ketones is 1. The number of nitrogens with two attached hydrogens (primary N) is 1. The molecule has 5 heteroatoms. The lowest BCUT2D eigenvalue weighted by atomic mass is 9.71. The number of nitrogens with zero attached hydrogens (tertiary/aromatic N) is 2. The minimum atomic E-state index is -0.137. The number of fused-ring (bicyclic) bond motifs is 1. The fourth-order valence-corrected chi connectivity index (χ4v) is 4.45. The highest BCUT2D eigenvalue weighted by Gasteiger charge is 2.37. The van der Waals surface area contributed by atoms with Gasteiger partial charge in [0.15, 0.2) is 10.9 Å². The standard InChI is InChI=1S/C20H21N3OS/c1-11-5-3-6-12(9-11)17-16-13(7-4-8-15(16)24)10-14-18(17)19(21)23-20(22-14)25-2/h3,5-6,9,17H,4,7-8,10H2,1-2H3,(H2,21,22,23). The molecule has 0 radical (unpaired) electrons. The van der Waals surface area contributed by atoms with Crippen LogP contribution >= 0.6 is 11.8 Å². The lowest BCUT2D eigenvalue weighted by Crippen LogP contribution is -2.27. The van der Waals surface area contributed by atoms with E-state index in [-0.39, 0.29) is 11.7 Å². The van der Waals surface area contributed by atoms with Crippen LogP contribution in [0, 0.1) is 6.92 Å². The number of aromatic nitrogens is 2. The monoisotopic (exact) mass is 351 g/mol. The van der Waals surface area contributed by atoms with Crippen LogP contribution in [0.25, 0.3) is 0 Å². The Morgan fingerprint density at radius 3 is 2.84 bits per heavy atom. The van der Waals surface area contributed by atoms with Gasteiger partial charge in [-0.15, -0.1) is 0 Å². The smallest absolute Gasteiger partial charge is 0.189 e. The fourth-order valence-electron chi connectivity index (χ4n) is 4.06. The van der Waals surface area contributed by atoms with E-state index in [2.05, 4.69) is 30.1 Å². The largest absolute Gasteiger partial charge is 0.383 e. The Balaban J connectivity index is 1.98. The summed E-state index contributed by atoms with van der Waals surface area (Å²) in [4.78, 5) is 22.0. The first kappa shape index (κ1) is 16.3. The van der Waals surface area contributed by atoms with Gasteiger partial charge >= 0.3 is 0 Å². The van der Waals surface area contributed by atoms with Crippen LogP contribution in [0.5, 0.6) is 0 Å². The topological polar surface area (TPSA) is 68.9 Å². The normalized spacial score (nSPS) is 19.6. The molecular formula is C20H21N3OS. The van der Waals surface area contributed by atoms with Crippen molar-refractivity contribution in [1.82, 2.24) is 9.97 Å². The van der Waals surface area contributed by atoms with E-state index >= 15 is 0 Å². The first-order chi connectivity index (χ1) is 12.1. The Morgan fingerprint density at radius 2 is 2.08 bits per heavy atom. The molecule has 0 bridgehead atoms. The second-order valence-corrected chi connectivity index (χ2v) is 7.55. The zero-order valence-corrected chi connectivity index (χ0v) is 15.3. The van der Waals surface area contributed by atoms with Crippen molar-refractivity contribution in [2.24, 2.45) is 0 Å². The third-order valence-corrected chi connectivity index (χ3v) is 5.66. The predicted octanol–water partition coefficient (Wildman–Crippen LogP) is 3.83. The van der Waals surface area contributed by atoms with Crippen molar-refractivity contribution in [3.63, 3.8) is 0 Å². The molecule has 0 saturated heterocycles. The molecule has 25 heavy (non-hydrogen) atoms. The number of hydrogen-bond donors (Lipinski definition) is 1. The number of anilines is 1. The highest BCUT2D eigenvalue weighted by molar-refractivity contribution is 7.98. The van der Waals surface area contributed by atoms with Crippen LogP contribution in [0.2, 0.25) is 0 Å². The minimum Gasteiger partial charge on any atom is -0.383 e. The predicted molar refractivity (Wildman–Crippen MR) is 101 cm³/mol. The molecule has 0 saturated carbocycles. The van der Waals surface area contributed by atoms with Gasteiger partial charge in [0, 0.05) is 29.9 Å². The number of aryl methyl sites for hydroxylation is 1. The van der Waals surface area contributed by atoms with Gasteiger partial charge in [0.05, 0.1) is 5.69 Å². The van der Waals surface area contributed by atoms with Crippen molar-refractivity contribution in [2.45, 2.75) is 43.7 Å². The summed E-state index contributed by atoms with van der Waals surface area (Å²) in [6.07, 6.45) is 5.21. The molecule has 0 spiro atoms. The zero-order valence-electron chi connectivity index (χ0n) is 14.5. The molecule has 1 heterocycles. The van der Waals surface area contributed by atoms with Gasteiger partial charge in [0.25, 0.3) is 0 Å². The summed E-state index contributed by atoms with van der Waals surface area (Å²) in [5.74, 6) is 0.625. The lowest BCUT2D eigenvalue weighted by molar-refractivity contribution is -0.116. The highest BCUT2D eigenvalue weighted by atomic mass is 32.2. The number of nitrogen functional groups attached to an aromatic ring is 1. The van der Waals surface area contributed by atoms with Gasteiger partial charge in [0.1, 0.15) is 5.82 Å². The maximum atomic E-state index is 12.8. The molecule has 0 aliphatic heterocycles. The number of carbonyl (C=O) groups is 1. The van der Waals surface area contributed by atoms with Crippen LogP contribution < -0.4 is 5.73 Å². The molecule has 1 atom stereocenters. The zero-order chi connectivity index (χ0) is 17.6. The van der Waals surface area contributed by atoms with Crippen LogP contribution in [0.1, 0.15) is 47.6 Å². The second-order valence-electron chi connectivity index (χ2n) is 6.77. The molecule has 2 aliphatic rings. The molecule has 128 valence electrons. The Hall–Kier alpha value is -2.14. The summed E-state index contributed by atoms with van der Waals surface area (Å²) in [6.45, 7) is 2.07. The summed E-state index contributed by atoms with van der Waals surface area (Å²) < 4.78 is 0. The van der Waals surface area contributed by atoms with Gasteiger partial charge in [-0.1, -0.05) is 47.2 Å². The molecular weight excluding hydrogens is 330 g/mol. The number of rotatable bonds is 2. The lowest BCUT2D eigenvalue weighted by Gasteiger charge is -2.33. The second kappa shape index (κ2) is 6.30. The van der Waals surface area contributed by atoms with Gasteiger partial charge in [-0.2, -0.15) is 0 Å². The van der Waals surface area contributed by atoms with Crippen LogP contribution in [-0.2, 0) is 11.2 Å². The van der Waals surface area contributed by atoms with Gasteiger partial charge in [-0.05, 0) is 31.6 Å². The van der Waals surface area contributed by atoms with E-state index in [1.807, 2.05) is 12.3 Å². The van der Waals surface area contributed by atoms with Crippen LogP contribution in [-0.4, -0.2) is 22.0 Å². The van der Waals surface area contributed by atoms with Crippen molar-refractivity contribution in [3.05, 3.63) is 57.8 Å². The Labute approximate surface area is 152 Å². The maximum Gasteiger partial charge on any atom is 0.189 e. The van der Waals surface area contributed by atoms with Crippen molar-refractivity contribution >= 4 is 23.4 Å². The summed E-state index contributed by atoms with van der Waals surface area (Å²) in [7, 11) is 0. The van der Waals surface area contributed by atoms with E-state index in [0.717, 1.165) is 41.7 Å². The Kier molecular flexibility index (Phi) is 4.12. The molecule has 4 nitrogen and oxygen atoms in total. The van der Waals surface area contributed by atoms with Gasteiger partial charge in [-0.3, -0.25) is 4.79 Å². The molecule has 0 amide bonds. The van der Waals surface area contributed by atoms with Crippen LogP contribution in [0.15, 0.2) is 40.6 Å². The number of hydrogen-bond acceptors (Lipinski definition) is 5. The van der Waals surface area contributed by atoms with Crippen molar-refractivity contribution in [2.75, 3.05) is 12.0 Å². The molecule has 1 aromatic carbocycles. The van der Waals surface area contributed by atoms with Crippen molar-refractivity contribution < 1.29 is 4.79 Å². The average Bonchev–Trinajstić information content (AvgIpc) is 2.60. The molecule has 2 aliphatic carbocycles.